The highest BCUT2D eigenvalue weighted by atomic mass is 16.2. The first-order chi connectivity index (χ1) is 9.86. The summed E-state index contributed by atoms with van der Waals surface area (Å²) in [4.78, 5) is 26.6. The van der Waals surface area contributed by atoms with Crippen LogP contribution in [-0.4, -0.2) is 45.4 Å². The highest BCUT2D eigenvalue weighted by molar-refractivity contribution is 5.92. The number of carbonyl (C=O) groups is 1. The Balaban J connectivity index is 1.88. The normalized spacial score (nSPS) is 18.8. The van der Waals surface area contributed by atoms with Gasteiger partial charge in [-0.1, -0.05) is 6.07 Å². The van der Waals surface area contributed by atoms with Crippen molar-refractivity contribution in [1.82, 2.24) is 25.2 Å². The molecular weight excluding hydrogens is 254 g/mol. The highest BCUT2D eigenvalue weighted by Gasteiger charge is 2.29. The second-order valence-corrected chi connectivity index (χ2v) is 4.60. The van der Waals surface area contributed by atoms with Gasteiger partial charge in [0.1, 0.15) is 5.69 Å². The second kappa shape index (κ2) is 5.75. The zero-order chi connectivity index (χ0) is 13.8. The molecule has 1 amide bonds. The summed E-state index contributed by atoms with van der Waals surface area (Å²) in [7, 11) is 0. The fraction of sp³-hybridized carbons (Fsp3) is 0.286. The summed E-state index contributed by atoms with van der Waals surface area (Å²) in [5.41, 5.74) is 1.40. The van der Waals surface area contributed by atoms with Gasteiger partial charge in [0.25, 0.3) is 5.91 Å². The molecule has 6 nitrogen and oxygen atoms in total. The minimum Gasteiger partial charge on any atom is -0.328 e. The van der Waals surface area contributed by atoms with Crippen LogP contribution in [0.2, 0.25) is 0 Å². The number of rotatable bonds is 2. The lowest BCUT2D eigenvalue weighted by Crippen LogP contribution is -2.48. The predicted octanol–water partition coefficient (Wildman–Crippen LogP) is 0.658. The summed E-state index contributed by atoms with van der Waals surface area (Å²) in [5, 5.41) is 3.31. The van der Waals surface area contributed by atoms with Gasteiger partial charge < -0.3 is 10.2 Å². The van der Waals surface area contributed by atoms with Crippen molar-refractivity contribution in [3.8, 4) is 0 Å². The molecule has 1 N–H and O–H groups in total. The lowest BCUT2D eigenvalue weighted by Gasteiger charge is -2.36. The molecule has 0 spiro atoms. The summed E-state index contributed by atoms with van der Waals surface area (Å²) >= 11 is 0. The molecule has 1 fully saturated rings. The van der Waals surface area contributed by atoms with Crippen LogP contribution in [0.4, 0.5) is 0 Å². The maximum Gasteiger partial charge on any atom is 0.274 e. The van der Waals surface area contributed by atoms with Gasteiger partial charge in [0.05, 0.1) is 12.2 Å². The van der Waals surface area contributed by atoms with E-state index in [1.54, 1.807) is 18.6 Å². The Morgan fingerprint density at radius 2 is 2.15 bits per heavy atom. The maximum absolute atomic E-state index is 12.6. The molecule has 3 rings (SSSR count). The van der Waals surface area contributed by atoms with Gasteiger partial charge in [-0.2, -0.15) is 0 Å². The first kappa shape index (κ1) is 12.7. The fourth-order valence-electron chi connectivity index (χ4n) is 2.37. The maximum atomic E-state index is 12.6. The Kier molecular flexibility index (Phi) is 3.64. The summed E-state index contributed by atoms with van der Waals surface area (Å²) in [6, 6.07) is 3.85. The van der Waals surface area contributed by atoms with Crippen LogP contribution in [0.3, 0.4) is 0 Å². The number of nitrogens with zero attached hydrogens (tertiary/aromatic N) is 4. The molecule has 2 aromatic rings. The molecule has 1 aliphatic rings. The Morgan fingerprint density at radius 3 is 2.90 bits per heavy atom. The molecule has 0 aliphatic carbocycles. The zero-order valence-electron chi connectivity index (χ0n) is 10.9. The number of amides is 1. The number of nitrogens with one attached hydrogen (secondary N) is 1. The predicted molar refractivity (Wildman–Crippen MR) is 72.9 cm³/mol. The molecule has 0 bridgehead atoms. The van der Waals surface area contributed by atoms with Crippen LogP contribution < -0.4 is 5.32 Å². The van der Waals surface area contributed by atoms with Crippen LogP contribution >= 0.6 is 0 Å². The fourth-order valence-corrected chi connectivity index (χ4v) is 2.37. The van der Waals surface area contributed by atoms with Gasteiger partial charge in [-0.05, 0) is 11.6 Å². The molecule has 1 atom stereocenters. The van der Waals surface area contributed by atoms with Gasteiger partial charge in [-0.25, -0.2) is 4.98 Å². The molecule has 1 unspecified atom stereocenters. The minimum absolute atomic E-state index is 0.0213. The lowest BCUT2D eigenvalue weighted by molar-refractivity contribution is 0.0627. The Hall–Kier alpha value is -2.34. The van der Waals surface area contributed by atoms with Crippen LogP contribution in [-0.2, 0) is 0 Å². The van der Waals surface area contributed by atoms with Crippen molar-refractivity contribution in [2.45, 2.75) is 6.04 Å². The lowest BCUT2D eigenvalue weighted by atomic mass is 10.0. The largest absolute Gasteiger partial charge is 0.328 e. The third-order valence-electron chi connectivity index (χ3n) is 3.36. The summed E-state index contributed by atoms with van der Waals surface area (Å²) in [5.74, 6) is -0.0894. The average Bonchev–Trinajstić information content (AvgIpc) is 2.56. The van der Waals surface area contributed by atoms with Crippen molar-refractivity contribution in [2.24, 2.45) is 0 Å². The molecule has 1 aliphatic heterocycles. The molecule has 6 heteroatoms. The summed E-state index contributed by atoms with van der Waals surface area (Å²) < 4.78 is 0. The minimum atomic E-state index is -0.0894. The molecule has 20 heavy (non-hydrogen) atoms. The number of piperazine rings is 1. The van der Waals surface area contributed by atoms with Crippen LogP contribution in [0.1, 0.15) is 22.1 Å². The van der Waals surface area contributed by atoms with E-state index < -0.39 is 0 Å². The molecule has 3 heterocycles. The van der Waals surface area contributed by atoms with Crippen molar-refractivity contribution >= 4 is 5.91 Å². The van der Waals surface area contributed by atoms with Gasteiger partial charge in [-0.3, -0.25) is 14.8 Å². The number of hydrogen-bond acceptors (Lipinski definition) is 5. The monoisotopic (exact) mass is 269 g/mol. The first-order valence-corrected chi connectivity index (χ1v) is 6.54. The quantitative estimate of drug-likeness (QED) is 0.867. The third-order valence-corrected chi connectivity index (χ3v) is 3.36. The summed E-state index contributed by atoms with van der Waals surface area (Å²) in [6.07, 6.45) is 8.13. The Labute approximate surface area is 116 Å². The first-order valence-electron chi connectivity index (χ1n) is 6.54. The number of hydrogen-bond donors (Lipinski definition) is 1. The van der Waals surface area contributed by atoms with Crippen molar-refractivity contribution in [3.05, 3.63) is 54.4 Å². The van der Waals surface area contributed by atoms with Gasteiger partial charge >= 0.3 is 0 Å². The van der Waals surface area contributed by atoms with Crippen LogP contribution in [0, 0.1) is 0 Å². The van der Waals surface area contributed by atoms with Crippen LogP contribution in [0.15, 0.2) is 43.1 Å². The molecular formula is C14H15N5O. The Morgan fingerprint density at radius 1 is 1.25 bits per heavy atom. The van der Waals surface area contributed by atoms with Crippen molar-refractivity contribution in [1.29, 1.82) is 0 Å². The van der Waals surface area contributed by atoms with E-state index in [1.807, 2.05) is 17.0 Å². The SMILES string of the molecule is O=C(c1cnccn1)N1CCNCC1c1cccnc1. The van der Waals surface area contributed by atoms with Gasteiger partial charge in [0.15, 0.2) is 0 Å². The van der Waals surface area contributed by atoms with Crippen molar-refractivity contribution in [3.63, 3.8) is 0 Å². The van der Waals surface area contributed by atoms with Crippen molar-refractivity contribution in [2.75, 3.05) is 19.6 Å². The van der Waals surface area contributed by atoms with Gasteiger partial charge in [0, 0.05) is 44.4 Å². The highest BCUT2D eigenvalue weighted by Crippen LogP contribution is 2.22. The number of carbonyl (C=O) groups excluding carboxylic acids is 1. The Bertz CT molecular complexity index is 575. The molecule has 0 radical (unpaired) electrons. The van der Waals surface area contributed by atoms with Gasteiger partial charge in [0.2, 0.25) is 0 Å². The molecule has 0 saturated carbocycles. The topological polar surface area (TPSA) is 71.0 Å². The van der Waals surface area contributed by atoms with Crippen molar-refractivity contribution < 1.29 is 4.79 Å². The van der Waals surface area contributed by atoms with Gasteiger partial charge in [-0.15, -0.1) is 0 Å². The van der Waals surface area contributed by atoms with E-state index in [2.05, 4.69) is 20.3 Å². The smallest absolute Gasteiger partial charge is 0.274 e. The molecule has 102 valence electrons. The number of pyridine rings is 1. The molecule has 2 aromatic heterocycles. The van der Waals surface area contributed by atoms with E-state index in [0.717, 1.165) is 18.7 Å². The van der Waals surface area contributed by atoms with E-state index in [1.165, 1.54) is 12.4 Å². The van der Waals surface area contributed by atoms with Crippen LogP contribution in [0.25, 0.3) is 0 Å². The van der Waals surface area contributed by atoms with E-state index in [4.69, 9.17) is 0 Å². The third kappa shape index (κ3) is 2.50. The molecule has 1 saturated heterocycles. The molecule has 0 aromatic carbocycles. The number of aromatic nitrogens is 3. The van der Waals surface area contributed by atoms with E-state index >= 15 is 0 Å². The standard InChI is InChI=1S/C14H15N5O/c20-14(12-9-16-4-5-18-12)19-7-6-17-10-13(19)11-2-1-3-15-8-11/h1-5,8-9,13,17H,6-7,10H2. The zero-order valence-corrected chi connectivity index (χ0v) is 10.9. The second-order valence-electron chi connectivity index (χ2n) is 4.60. The van der Waals surface area contributed by atoms with E-state index in [9.17, 15) is 4.79 Å². The summed E-state index contributed by atoms with van der Waals surface area (Å²) in [6.45, 7) is 2.15. The average molecular weight is 269 g/mol. The van der Waals surface area contributed by atoms with E-state index in [-0.39, 0.29) is 11.9 Å². The van der Waals surface area contributed by atoms with Crippen LogP contribution in [0.5, 0.6) is 0 Å². The van der Waals surface area contributed by atoms with E-state index in [0.29, 0.717) is 12.2 Å².